The van der Waals surface area contributed by atoms with Gasteiger partial charge < -0.3 is 40.8 Å². The number of carboxylic acid groups (broad SMARTS) is 1. The molecule has 50 heavy (non-hydrogen) atoms. The zero-order chi connectivity index (χ0) is 36.8. The van der Waals surface area contributed by atoms with Gasteiger partial charge in [0.2, 0.25) is 17.7 Å². The highest BCUT2D eigenvalue weighted by Gasteiger charge is 2.33. The number of aliphatic carboxylic acids is 1. The van der Waals surface area contributed by atoms with Crippen molar-refractivity contribution in [2.75, 3.05) is 19.1 Å². The van der Waals surface area contributed by atoms with Crippen LogP contribution in [-0.4, -0.2) is 94.7 Å². The van der Waals surface area contributed by atoms with Gasteiger partial charge in [-0.15, -0.1) is 0 Å². The van der Waals surface area contributed by atoms with E-state index in [2.05, 4.69) is 26.3 Å². The molecule has 4 atom stereocenters. The average Bonchev–Trinajstić information content (AvgIpc) is 3.47. The van der Waals surface area contributed by atoms with E-state index in [9.17, 15) is 33.9 Å². The van der Waals surface area contributed by atoms with Gasteiger partial charge in [-0.1, -0.05) is 48.5 Å². The van der Waals surface area contributed by atoms with E-state index >= 15 is 0 Å². The molecule has 0 aliphatic heterocycles. The number of aromatic nitrogens is 1. The predicted molar refractivity (Wildman–Crippen MR) is 188 cm³/mol. The number of benzene rings is 2. The molecule has 15 heteroatoms. The second kappa shape index (κ2) is 18.6. The van der Waals surface area contributed by atoms with Gasteiger partial charge in [0.1, 0.15) is 29.8 Å². The number of carbonyl (C=O) groups is 6. The van der Waals surface area contributed by atoms with E-state index < -0.39 is 71.9 Å². The molecule has 0 spiro atoms. The molecule has 1 heterocycles. The number of ether oxygens (including phenoxy) is 2. The summed E-state index contributed by atoms with van der Waals surface area (Å²) < 4.78 is 10.2. The number of para-hydroxylation sites is 1. The second-order valence-corrected chi connectivity index (χ2v) is 13.5. The minimum Gasteiger partial charge on any atom is -0.481 e. The van der Waals surface area contributed by atoms with Crippen LogP contribution in [0.15, 0.2) is 60.8 Å². The molecule has 0 saturated heterocycles. The number of amides is 4. The van der Waals surface area contributed by atoms with Gasteiger partial charge in [0.15, 0.2) is 0 Å². The Morgan fingerprint density at radius 3 is 2.04 bits per heavy atom. The van der Waals surface area contributed by atoms with Crippen molar-refractivity contribution in [1.82, 2.24) is 26.3 Å². The molecule has 2 aromatic carbocycles. The summed E-state index contributed by atoms with van der Waals surface area (Å²) in [4.78, 5) is 81.1. The Morgan fingerprint density at radius 2 is 1.40 bits per heavy atom. The van der Waals surface area contributed by atoms with Crippen LogP contribution in [0.4, 0.5) is 4.79 Å². The first kappa shape index (κ1) is 39.4. The molecular formula is C35H45N5O9S. The van der Waals surface area contributed by atoms with Gasteiger partial charge in [-0.25, -0.2) is 9.59 Å². The van der Waals surface area contributed by atoms with Crippen molar-refractivity contribution in [2.24, 2.45) is 0 Å². The summed E-state index contributed by atoms with van der Waals surface area (Å²) in [5.74, 6) is -4.17. The number of esters is 1. The van der Waals surface area contributed by atoms with Gasteiger partial charge in [-0.3, -0.25) is 19.2 Å². The highest BCUT2D eigenvalue weighted by molar-refractivity contribution is 7.98. The monoisotopic (exact) mass is 711 g/mol. The molecule has 3 rings (SSSR count). The summed E-state index contributed by atoms with van der Waals surface area (Å²) in [7, 11) is 1.16. The van der Waals surface area contributed by atoms with Gasteiger partial charge in [0.25, 0.3) is 0 Å². The van der Waals surface area contributed by atoms with Gasteiger partial charge >= 0.3 is 18.0 Å². The molecule has 270 valence electrons. The Kier molecular flexibility index (Phi) is 14.7. The fourth-order valence-electron chi connectivity index (χ4n) is 5.07. The number of H-pyrrole nitrogens is 1. The molecular weight excluding hydrogens is 666 g/mol. The molecule has 0 saturated carbocycles. The second-order valence-electron chi connectivity index (χ2n) is 12.5. The average molecular weight is 712 g/mol. The van der Waals surface area contributed by atoms with Crippen LogP contribution in [-0.2, 0) is 46.3 Å². The van der Waals surface area contributed by atoms with E-state index in [0.29, 0.717) is 11.3 Å². The normalized spacial score (nSPS) is 13.6. The van der Waals surface area contributed by atoms with E-state index in [4.69, 9.17) is 9.47 Å². The van der Waals surface area contributed by atoms with Crippen molar-refractivity contribution >= 4 is 58.4 Å². The van der Waals surface area contributed by atoms with Gasteiger partial charge in [-0.2, -0.15) is 11.8 Å². The number of alkyl carbamates (subject to hydrolysis) is 1. The largest absolute Gasteiger partial charge is 0.481 e. The van der Waals surface area contributed by atoms with Gasteiger partial charge in [-0.05, 0) is 56.4 Å². The Balaban J connectivity index is 1.83. The van der Waals surface area contributed by atoms with Crippen molar-refractivity contribution in [2.45, 2.75) is 76.2 Å². The lowest BCUT2D eigenvalue weighted by Crippen LogP contribution is -2.58. The molecule has 0 bridgehead atoms. The van der Waals surface area contributed by atoms with E-state index in [-0.39, 0.29) is 19.3 Å². The summed E-state index contributed by atoms with van der Waals surface area (Å²) in [6.45, 7) is 5.05. The summed E-state index contributed by atoms with van der Waals surface area (Å²) in [6.07, 6.45) is 2.12. The molecule has 4 amide bonds. The number of fused-ring (bicyclic) bond motifs is 1. The lowest BCUT2D eigenvalue weighted by Gasteiger charge is -2.26. The van der Waals surface area contributed by atoms with Crippen molar-refractivity contribution in [3.63, 3.8) is 0 Å². The first-order valence-corrected chi connectivity index (χ1v) is 17.4. The van der Waals surface area contributed by atoms with Gasteiger partial charge in [0.05, 0.1) is 13.5 Å². The highest BCUT2D eigenvalue weighted by Crippen LogP contribution is 2.20. The number of rotatable bonds is 17. The van der Waals surface area contributed by atoms with Crippen LogP contribution in [0.1, 0.15) is 44.7 Å². The smallest absolute Gasteiger partial charge is 0.408 e. The minimum atomic E-state index is -1.60. The topological polar surface area (TPSA) is 205 Å². The van der Waals surface area contributed by atoms with E-state index in [1.807, 2.05) is 24.3 Å². The molecule has 1 aromatic heterocycles. The van der Waals surface area contributed by atoms with Crippen molar-refractivity contribution in [3.8, 4) is 0 Å². The third-order valence-corrected chi connectivity index (χ3v) is 8.09. The van der Waals surface area contributed by atoms with Gasteiger partial charge in [0, 0.05) is 29.9 Å². The van der Waals surface area contributed by atoms with Crippen LogP contribution in [0.25, 0.3) is 10.9 Å². The fraction of sp³-hybridized carbons (Fsp3) is 0.429. The maximum absolute atomic E-state index is 13.8. The SMILES string of the molecule is COC(=O)[C@H](Cc1ccccc1)NC(=O)[C@H](CC(=O)O)NC(=O)[C@H](CCSC)NC(=O)[C@H](Cc1c[nH]c2ccccc12)NC(=O)OC(C)(C)C. The standard InChI is InChI=1S/C35H45N5O9S/c1-35(2,3)49-34(47)40-26(18-22-20-36-24-14-10-9-13-23(22)24)31(44)37-25(15-16-50-5)30(43)38-27(19-29(41)42)32(45)39-28(33(46)48-4)17-21-11-7-6-8-12-21/h6-14,20,25-28,36H,15-19H2,1-5H3,(H,37,44)(H,38,43)(H,39,45)(H,40,47)(H,41,42)/t25-,26-,27-,28-/m0/s1. The third kappa shape index (κ3) is 12.4. The number of thioether (sulfide) groups is 1. The molecule has 14 nitrogen and oxygen atoms in total. The Labute approximate surface area is 294 Å². The van der Waals surface area contributed by atoms with Crippen molar-refractivity contribution in [3.05, 3.63) is 71.9 Å². The maximum atomic E-state index is 13.8. The first-order chi connectivity index (χ1) is 23.7. The summed E-state index contributed by atoms with van der Waals surface area (Å²) >= 11 is 1.41. The van der Waals surface area contributed by atoms with Crippen LogP contribution in [0, 0.1) is 0 Å². The van der Waals surface area contributed by atoms with Crippen molar-refractivity contribution < 1.29 is 43.3 Å². The molecule has 0 unspecified atom stereocenters. The summed E-state index contributed by atoms with van der Waals surface area (Å²) in [5.41, 5.74) is 1.43. The zero-order valence-corrected chi connectivity index (χ0v) is 29.6. The number of methoxy groups -OCH3 is 1. The summed E-state index contributed by atoms with van der Waals surface area (Å²) in [5, 5.41) is 20.7. The third-order valence-electron chi connectivity index (χ3n) is 7.45. The van der Waals surface area contributed by atoms with E-state index in [0.717, 1.165) is 23.6 Å². The van der Waals surface area contributed by atoms with Crippen LogP contribution in [0.2, 0.25) is 0 Å². The van der Waals surface area contributed by atoms with Crippen LogP contribution >= 0.6 is 11.8 Å². The maximum Gasteiger partial charge on any atom is 0.408 e. The number of hydrogen-bond acceptors (Lipinski definition) is 9. The highest BCUT2D eigenvalue weighted by atomic mass is 32.2. The first-order valence-electron chi connectivity index (χ1n) is 16.0. The van der Waals surface area contributed by atoms with Crippen LogP contribution in [0.5, 0.6) is 0 Å². The van der Waals surface area contributed by atoms with E-state index in [1.165, 1.54) is 11.8 Å². The van der Waals surface area contributed by atoms with Crippen LogP contribution in [0.3, 0.4) is 0 Å². The zero-order valence-electron chi connectivity index (χ0n) is 28.7. The molecule has 3 aromatic rings. The van der Waals surface area contributed by atoms with Crippen molar-refractivity contribution in [1.29, 1.82) is 0 Å². The molecule has 0 aliphatic carbocycles. The quantitative estimate of drug-likeness (QED) is 0.113. The fourth-order valence-corrected chi connectivity index (χ4v) is 5.54. The number of aromatic amines is 1. The number of hydrogen-bond donors (Lipinski definition) is 6. The Hall–Kier alpha value is -5.05. The van der Waals surface area contributed by atoms with Crippen LogP contribution < -0.4 is 21.3 Å². The number of carboxylic acids is 1. The molecule has 0 aliphatic rings. The minimum absolute atomic E-state index is 0.0479. The number of carbonyl (C=O) groups excluding carboxylic acids is 5. The summed E-state index contributed by atoms with van der Waals surface area (Å²) in [6, 6.07) is 11.1. The predicted octanol–water partition coefficient (Wildman–Crippen LogP) is 2.70. The lowest BCUT2D eigenvalue weighted by atomic mass is 10.0. The Morgan fingerprint density at radius 1 is 0.800 bits per heavy atom. The molecule has 0 fully saturated rings. The molecule has 6 N–H and O–H groups in total. The number of nitrogens with one attached hydrogen (secondary N) is 5. The van der Waals surface area contributed by atoms with E-state index in [1.54, 1.807) is 63.6 Å². The molecule has 0 radical (unpaired) electrons. The Bertz CT molecular complexity index is 1640. The lowest BCUT2D eigenvalue weighted by molar-refractivity contribution is -0.146.